The van der Waals surface area contributed by atoms with Crippen molar-refractivity contribution >= 4 is 17.6 Å². The van der Waals surface area contributed by atoms with Gasteiger partial charge in [0.2, 0.25) is 0 Å². The molecule has 0 aliphatic carbocycles. The highest BCUT2D eigenvalue weighted by molar-refractivity contribution is 5.95. The maximum Gasteiger partial charge on any atom is 0.358 e. The van der Waals surface area contributed by atoms with E-state index in [0.717, 1.165) is 11.3 Å². The number of piperazine rings is 1. The fourth-order valence-corrected chi connectivity index (χ4v) is 4.83. The number of carbonyl (C=O) groups excluding carboxylic acids is 2. The number of anilines is 1. The van der Waals surface area contributed by atoms with Gasteiger partial charge >= 0.3 is 5.97 Å². The van der Waals surface area contributed by atoms with Gasteiger partial charge < -0.3 is 24.0 Å². The lowest BCUT2D eigenvalue weighted by atomic mass is 10.1. The zero-order chi connectivity index (χ0) is 28.9. The van der Waals surface area contributed by atoms with Crippen molar-refractivity contribution in [1.82, 2.24) is 14.7 Å². The van der Waals surface area contributed by atoms with E-state index in [-0.39, 0.29) is 24.0 Å². The van der Waals surface area contributed by atoms with Crippen LogP contribution < -0.4 is 14.4 Å². The van der Waals surface area contributed by atoms with Crippen LogP contribution in [-0.2, 0) is 4.74 Å². The number of halogens is 1. The minimum absolute atomic E-state index is 0.0487. The van der Waals surface area contributed by atoms with Gasteiger partial charge in [-0.1, -0.05) is 12.1 Å². The zero-order valence-corrected chi connectivity index (χ0v) is 23.2. The number of methoxy groups -OCH3 is 2. The van der Waals surface area contributed by atoms with E-state index in [9.17, 15) is 14.0 Å². The minimum Gasteiger partial charge on any atom is -0.493 e. The number of amides is 1. The first-order chi connectivity index (χ1) is 19.9. The molecule has 0 atom stereocenters. The van der Waals surface area contributed by atoms with Crippen LogP contribution in [0.4, 0.5) is 10.1 Å². The number of nitrogens with zero attached hydrogens (tertiary/aromatic N) is 4. The molecular weight excluding hydrogens is 527 g/mol. The molecule has 0 saturated carbocycles. The van der Waals surface area contributed by atoms with E-state index in [1.807, 2.05) is 29.2 Å². The molecule has 1 amide bonds. The maximum atomic E-state index is 13.6. The molecule has 212 valence electrons. The van der Waals surface area contributed by atoms with Crippen LogP contribution in [0.2, 0.25) is 0 Å². The third-order valence-electron chi connectivity index (χ3n) is 6.99. The number of rotatable bonds is 8. The molecule has 4 aromatic rings. The van der Waals surface area contributed by atoms with Gasteiger partial charge in [0.1, 0.15) is 5.82 Å². The van der Waals surface area contributed by atoms with E-state index < -0.39 is 5.97 Å². The molecule has 41 heavy (non-hydrogen) atoms. The second kappa shape index (κ2) is 12.1. The van der Waals surface area contributed by atoms with Crippen LogP contribution in [0, 0.1) is 5.82 Å². The third-order valence-corrected chi connectivity index (χ3v) is 6.99. The van der Waals surface area contributed by atoms with Gasteiger partial charge in [-0.05, 0) is 67.6 Å². The molecule has 3 aromatic carbocycles. The Morgan fingerprint density at radius 1 is 0.829 bits per heavy atom. The standard InChI is InChI=1S/C31H31FN4O5/c1-4-41-31(38)26-20-27(36(33-26)25-12-8-23(32)9-13-25)21-5-10-24(11-6-21)34-15-17-35(18-16-34)30(37)22-7-14-28(39-2)29(19-22)40-3/h5-14,19-20H,4,15-18H2,1-3H3. The van der Waals surface area contributed by atoms with Crippen LogP contribution >= 0.6 is 0 Å². The molecule has 1 saturated heterocycles. The Bertz CT molecular complexity index is 1530. The van der Waals surface area contributed by atoms with Gasteiger partial charge in [-0.2, -0.15) is 5.10 Å². The van der Waals surface area contributed by atoms with E-state index in [1.165, 1.54) is 12.1 Å². The van der Waals surface area contributed by atoms with Crippen molar-refractivity contribution in [3.63, 3.8) is 0 Å². The zero-order valence-electron chi connectivity index (χ0n) is 23.2. The van der Waals surface area contributed by atoms with E-state index >= 15 is 0 Å². The number of hydrogen-bond donors (Lipinski definition) is 0. The fraction of sp³-hybridized carbons (Fsp3) is 0.258. The van der Waals surface area contributed by atoms with Gasteiger partial charge in [0.15, 0.2) is 17.2 Å². The third kappa shape index (κ3) is 5.86. The predicted molar refractivity (Wildman–Crippen MR) is 153 cm³/mol. The average molecular weight is 559 g/mol. The quantitative estimate of drug-likeness (QED) is 0.286. The number of carbonyl (C=O) groups is 2. The number of aromatic nitrogens is 2. The Morgan fingerprint density at radius 3 is 2.12 bits per heavy atom. The van der Waals surface area contributed by atoms with Gasteiger partial charge in [0.25, 0.3) is 5.91 Å². The first kappa shape index (κ1) is 27.7. The summed E-state index contributed by atoms with van der Waals surface area (Å²) < 4.78 is 30.9. The van der Waals surface area contributed by atoms with Crippen molar-refractivity contribution in [1.29, 1.82) is 0 Å². The van der Waals surface area contributed by atoms with Crippen LogP contribution in [0.1, 0.15) is 27.8 Å². The molecule has 10 heteroatoms. The predicted octanol–water partition coefficient (Wildman–Crippen LogP) is 4.83. The van der Waals surface area contributed by atoms with Gasteiger partial charge in [-0.25, -0.2) is 13.9 Å². The van der Waals surface area contributed by atoms with Crippen LogP contribution in [0.15, 0.2) is 72.8 Å². The first-order valence-corrected chi connectivity index (χ1v) is 13.3. The largest absolute Gasteiger partial charge is 0.493 e. The smallest absolute Gasteiger partial charge is 0.358 e. The Hall–Kier alpha value is -4.86. The molecular formula is C31H31FN4O5. The second-order valence-corrected chi connectivity index (χ2v) is 9.42. The SMILES string of the molecule is CCOC(=O)c1cc(-c2ccc(N3CCN(C(=O)c4ccc(OC)c(OC)c4)CC3)cc2)n(-c2ccc(F)cc2)n1. The van der Waals surface area contributed by atoms with Gasteiger partial charge in [-0.3, -0.25) is 4.79 Å². The Kier molecular flexibility index (Phi) is 8.19. The van der Waals surface area contributed by atoms with Gasteiger partial charge in [0.05, 0.1) is 32.2 Å². The molecule has 2 heterocycles. The highest BCUT2D eigenvalue weighted by atomic mass is 19.1. The average Bonchev–Trinajstić information content (AvgIpc) is 3.47. The summed E-state index contributed by atoms with van der Waals surface area (Å²) in [6.45, 7) is 4.49. The number of esters is 1. The molecule has 9 nitrogen and oxygen atoms in total. The number of benzene rings is 3. The lowest BCUT2D eigenvalue weighted by Crippen LogP contribution is -2.48. The Labute approximate surface area is 237 Å². The molecule has 0 bridgehead atoms. The highest BCUT2D eigenvalue weighted by Gasteiger charge is 2.24. The van der Waals surface area contributed by atoms with Gasteiger partial charge in [-0.15, -0.1) is 0 Å². The first-order valence-electron chi connectivity index (χ1n) is 13.3. The van der Waals surface area contributed by atoms with Crippen LogP contribution in [0.5, 0.6) is 11.5 Å². The van der Waals surface area contributed by atoms with Crippen molar-refractivity contribution in [2.75, 3.05) is 51.9 Å². The number of hydrogen-bond acceptors (Lipinski definition) is 7. The lowest BCUT2D eigenvalue weighted by Gasteiger charge is -2.36. The molecule has 0 N–H and O–H groups in total. The second-order valence-electron chi connectivity index (χ2n) is 9.42. The summed E-state index contributed by atoms with van der Waals surface area (Å²) in [5.74, 6) is 0.171. The normalized spacial score (nSPS) is 13.2. The fourth-order valence-electron chi connectivity index (χ4n) is 4.83. The molecule has 0 spiro atoms. The summed E-state index contributed by atoms with van der Waals surface area (Å²) in [6.07, 6.45) is 0. The van der Waals surface area contributed by atoms with Crippen molar-refractivity contribution in [2.45, 2.75) is 6.92 Å². The van der Waals surface area contributed by atoms with E-state index in [2.05, 4.69) is 10.00 Å². The van der Waals surface area contributed by atoms with E-state index in [1.54, 1.807) is 62.2 Å². The molecule has 1 aliphatic heterocycles. The minimum atomic E-state index is -0.522. The molecule has 0 unspecified atom stereocenters. The summed E-state index contributed by atoms with van der Waals surface area (Å²) in [5, 5.41) is 4.44. The summed E-state index contributed by atoms with van der Waals surface area (Å²) >= 11 is 0. The summed E-state index contributed by atoms with van der Waals surface area (Å²) in [5.41, 5.74) is 3.88. The number of ether oxygens (including phenoxy) is 3. The monoisotopic (exact) mass is 558 g/mol. The molecule has 5 rings (SSSR count). The molecule has 1 aliphatic rings. The van der Waals surface area contributed by atoms with E-state index in [0.29, 0.717) is 54.6 Å². The van der Waals surface area contributed by atoms with Crippen molar-refractivity contribution in [3.05, 3.63) is 89.9 Å². The maximum absolute atomic E-state index is 13.6. The van der Waals surface area contributed by atoms with Crippen molar-refractivity contribution in [2.24, 2.45) is 0 Å². The van der Waals surface area contributed by atoms with E-state index in [4.69, 9.17) is 14.2 Å². The Balaban J connectivity index is 1.31. The summed E-state index contributed by atoms with van der Waals surface area (Å²) in [7, 11) is 3.11. The Morgan fingerprint density at radius 2 is 1.49 bits per heavy atom. The topological polar surface area (TPSA) is 86.1 Å². The molecule has 1 aromatic heterocycles. The van der Waals surface area contributed by atoms with Gasteiger partial charge in [0, 0.05) is 43.0 Å². The van der Waals surface area contributed by atoms with Crippen LogP contribution in [-0.4, -0.2) is 73.6 Å². The highest BCUT2D eigenvalue weighted by Crippen LogP contribution is 2.30. The van der Waals surface area contributed by atoms with Crippen LogP contribution in [0.3, 0.4) is 0 Å². The van der Waals surface area contributed by atoms with Crippen LogP contribution in [0.25, 0.3) is 16.9 Å². The lowest BCUT2D eigenvalue weighted by molar-refractivity contribution is 0.0518. The summed E-state index contributed by atoms with van der Waals surface area (Å²) in [4.78, 5) is 29.6. The molecule has 1 fully saturated rings. The summed E-state index contributed by atoms with van der Waals surface area (Å²) in [6, 6.07) is 20.7. The van der Waals surface area contributed by atoms with Crippen molar-refractivity contribution in [3.8, 4) is 28.4 Å². The molecule has 0 radical (unpaired) electrons. The van der Waals surface area contributed by atoms with Crippen molar-refractivity contribution < 1.29 is 28.2 Å².